The monoisotopic (exact) mass is 259 g/mol. The van der Waals surface area contributed by atoms with Crippen LogP contribution in [0.5, 0.6) is 0 Å². The Balaban J connectivity index is 1.85. The number of nitrogens with zero attached hydrogens (tertiary/aromatic N) is 2. The van der Waals surface area contributed by atoms with Gasteiger partial charge in [-0.1, -0.05) is 30.3 Å². The Morgan fingerprint density at radius 3 is 2.89 bits per heavy atom. The average Bonchev–Trinajstić information content (AvgIpc) is 2.85. The second-order valence-corrected chi connectivity index (χ2v) is 4.21. The summed E-state index contributed by atoms with van der Waals surface area (Å²) in [4.78, 5) is 11.3. The van der Waals surface area contributed by atoms with Gasteiger partial charge in [0.05, 0.1) is 11.9 Å². The molecular weight excluding hydrogens is 242 g/mol. The number of benzene rings is 1. The molecule has 0 unspecified atom stereocenters. The number of methoxy groups -OCH3 is 1. The molecule has 0 spiro atoms. The van der Waals surface area contributed by atoms with Gasteiger partial charge in [-0.3, -0.25) is 9.48 Å². The zero-order chi connectivity index (χ0) is 13.5. The summed E-state index contributed by atoms with van der Waals surface area (Å²) in [5.41, 5.74) is 1.96. The largest absolute Gasteiger partial charge is 0.375 e. The summed E-state index contributed by atoms with van der Waals surface area (Å²) in [6.45, 7) is 0.833. The van der Waals surface area contributed by atoms with Crippen molar-refractivity contribution >= 4 is 11.6 Å². The molecule has 2 aromatic rings. The fraction of sp³-hybridized carbons (Fsp3) is 0.286. The lowest BCUT2D eigenvalue weighted by Gasteiger charge is -2.02. The van der Waals surface area contributed by atoms with E-state index in [0.717, 1.165) is 13.0 Å². The van der Waals surface area contributed by atoms with Crippen molar-refractivity contribution in [2.75, 3.05) is 19.0 Å². The van der Waals surface area contributed by atoms with Crippen LogP contribution in [0.2, 0.25) is 0 Å². The summed E-state index contributed by atoms with van der Waals surface area (Å²) in [6, 6.07) is 10.2. The van der Waals surface area contributed by atoms with E-state index in [1.165, 1.54) is 12.7 Å². The Kier molecular flexibility index (Phi) is 4.69. The van der Waals surface area contributed by atoms with Gasteiger partial charge in [0.1, 0.15) is 6.61 Å². The van der Waals surface area contributed by atoms with Crippen molar-refractivity contribution in [3.8, 4) is 0 Å². The Morgan fingerprint density at radius 1 is 1.37 bits per heavy atom. The van der Waals surface area contributed by atoms with E-state index in [-0.39, 0.29) is 12.5 Å². The first-order valence-electron chi connectivity index (χ1n) is 6.13. The SMILES string of the molecule is COCC(=O)Nc1cnn(CCc2ccccc2)c1. The van der Waals surface area contributed by atoms with Crippen LogP contribution in [0.25, 0.3) is 0 Å². The summed E-state index contributed by atoms with van der Waals surface area (Å²) >= 11 is 0. The van der Waals surface area contributed by atoms with Crippen LogP contribution in [0.1, 0.15) is 5.56 Å². The third-order valence-corrected chi connectivity index (χ3v) is 2.66. The number of aromatic nitrogens is 2. The lowest BCUT2D eigenvalue weighted by atomic mass is 10.1. The molecule has 0 atom stereocenters. The molecule has 1 aromatic carbocycles. The van der Waals surface area contributed by atoms with E-state index in [4.69, 9.17) is 4.74 Å². The van der Waals surface area contributed by atoms with Gasteiger partial charge in [-0.15, -0.1) is 0 Å². The number of rotatable bonds is 6. The highest BCUT2D eigenvalue weighted by molar-refractivity contribution is 5.91. The maximum absolute atomic E-state index is 11.3. The van der Waals surface area contributed by atoms with Gasteiger partial charge in [-0.05, 0) is 12.0 Å². The number of carbonyl (C=O) groups is 1. The normalized spacial score (nSPS) is 10.4. The number of hydrogen-bond donors (Lipinski definition) is 1. The molecule has 0 bridgehead atoms. The molecule has 1 heterocycles. The Bertz CT molecular complexity index is 522. The van der Waals surface area contributed by atoms with Gasteiger partial charge in [-0.25, -0.2) is 0 Å². The van der Waals surface area contributed by atoms with E-state index in [1.807, 2.05) is 29.1 Å². The molecule has 0 radical (unpaired) electrons. The highest BCUT2D eigenvalue weighted by Gasteiger charge is 2.03. The molecular formula is C14H17N3O2. The van der Waals surface area contributed by atoms with Crippen molar-refractivity contribution in [2.45, 2.75) is 13.0 Å². The molecule has 0 aliphatic rings. The predicted octanol–water partition coefficient (Wildman–Crippen LogP) is 1.71. The number of hydrogen-bond acceptors (Lipinski definition) is 3. The molecule has 2 rings (SSSR count). The highest BCUT2D eigenvalue weighted by Crippen LogP contribution is 2.06. The molecule has 5 heteroatoms. The number of carbonyl (C=O) groups excluding carboxylic acids is 1. The summed E-state index contributed by atoms with van der Waals surface area (Å²) in [7, 11) is 1.49. The van der Waals surface area contributed by atoms with Crippen molar-refractivity contribution in [1.82, 2.24) is 9.78 Å². The molecule has 100 valence electrons. The summed E-state index contributed by atoms with van der Waals surface area (Å²) < 4.78 is 6.56. The van der Waals surface area contributed by atoms with E-state index in [1.54, 1.807) is 6.20 Å². The van der Waals surface area contributed by atoms with Crippen LogP contribution in [0.4, 0.5) is 5.69 Å². The average molecular weight is 259 g/mol. The molecule has 0 saturated carbocycles. The van der Waals surface area contributed by atoms with Crippen molar-refractivity contribution in [1.29, 1.82) is 0 Å². The maximum atomic E-state index is 11.3. The number of nitrogens with one attached hydrogen (secondary N) is 1. The summed E-state index contributed by atoms with van der Waals surface area (Å²) in [5, 5.41) is 6.92. The van der Waals surface area contributed by atoms with Crippen LogP contribution < -0.4 is 5.32 Å². The van der Waals surface area contributed by atoms with Crippen LogP contribution in [-0.2, 0) is 22.5 Å². The van der Waals surface area contributed by atoms with E-state index >= 15 is 0 Å². The zero-order valence-corrected chi connectivity index (χ0v) is 10.9. The molecule has 5 nitrogen and oxygen atoms in total. The molecule has 0 aliphatic carbocycles. The van der Waals surface area contributed by atoms with Crippen LogP contribution in [0.15, 0.2) is 42.7 Å². The van der Waals surface area contributed by atoms with Crippen molar-refractivity contribution in [3.63, 3.8) is 0 Å². The Morgan fingerprint density at radius 2 is 2.16 bits per heavy atom. The minimum absolute atomic E-state index is 0.0508. The van der Waals surface area contributed by atoms with Gasteiger partial charge in [-0.2, -0.15) is 5.10 Å². The molecule has 0 saturated heterocycles. The van der Waals surface area contributed by atoms with Crippen LogP contribution in [-0.4, -0.2) is 29.4 Å². The van der Waals surface area contributed by atoms with Crippen molar-refractivity contribution < 1.29 is 9.53 Å². The number of anilines is 1. The Labute approximate surface area is 112 Å². The summed E-state index contributed by atoms with van der Waals surface area (Å²) in [5.74, 6) is -0.176. The minimum atomic E-state index is -0.176. The van der Waals surface area contributed by atoms with E-state index in [2.05, 4.69) is 22.5 Å². The van der Waals surface area contributed by atoms with Crippen LogP contribution in [0.3, 0.4) is 0 Å². The van der Waals surface area contributed by atoms with Gasteiger partial charge in [0, 0.05) is 19.9 Å². The van der Waals surface area contributed by atoms with E-state index in [0.29, 0.717) is 5.69 Å². The zero-order valence-electron chi connectivity index (χ0n) is 10.9. The minimum Gasteiger partial charge on any atom is -0.375 e. The fourth-order valence-electron chi connectivity index (χ4n) is 1.77. The quantitative estimate of drug-likeness (QED) is 0.859. The standard InChI is InChI=1S/C14H17N3O2/c1-19-11-14(18)16-13-9-15-17(10-13)8-7-12-5-3-2-4-6-12/h2-6,9-10H,7-8,11H2,1H3,(H,16,18). The molecule has 0 fully saturated rings. The van der Waals surface area contributed by atoms with Crippen molar-refractivity contribution in [3.05, 3.63) is 48.3 Å². The van der Waals surface area contributed by atoms with Gasteiger partial charge >= 0.3 is 0 Å². The van der Waals surface area contributed by atoms with Crippen LogP contribution in [0, 0.1) is 0 Å². The fourth-order valence-corrected chi connectivity index (χ4v) is 1.77. The predicted molar refractivity (Wildman–Crippen MR) is 72.9 cm³/mol. The molecule has 0 aliphatic heterocycles. The smallest absolute Gasteiger partial charge is 0.250 e. The van der Waals surface area contributed by atoms with E-state index < -0.39 is 0 Å². The van der Waals surface area contributed by atoms with Crippen molar-refractivity contribution in [2.24, 2.45) is 0 Å². The second-order valence-electron chi connectivity index (χ2n) is 4.21. The topological polar surface area (TPSA) is 56.1 Å². The van der Waals surface area contributed by atoms with Gasteiger partial charge < -0.3 is 10.1 Å². The maximum Gasteiger partial charge on any atom is 0.250 e. The third kappa shape index (κ3) is 4.22. The first kappa shape index (κ1) is 13.3. The van der Waals surface area contributed by atoms with Gasteiger partial charge in [0.15, 0.2) is 0 Å². The van der Waals surface area contributed by atoms with Gasteiger partial charge in [0.25, 0.3) is 0 Å². The first-order valence-corrected chi connectivity index (χ1v) is 6.13. The van der Waals surface area contributed by atoms with Crippen LogP contribution >= 0.6 is 0 Å². The molecule has 1 aromatic heterocycles. The number of ether oxygens (including phenoxy) is 1. The molecule has 1 N–H and O–H groups in total. The highest BCUT2D eigenvalue weighted by atomic mass is 16.5. The molecule has 19 heavy (non-hydrogen) atoms. The first-order chi connectivity index (χ1) is 9.28. The third-order valence-electron chi connectivity index (χ3n) is 2.66. The lowest BCUT2D eigenvalue weighted by Crippen LogP contribution is -2.16. The number of amides is 1. The van der Waals surface area contributed by atoms with E-state index in [9.17, 15) is 4.79 Å². The van der Waals surface area contributed by atoms with Gasteiger partial charge in [0.2, 0.25) is 5.91 Å². The second kappa shape index (κ2) is 6.70. The number of aryl methyl sites for hydroxylation is 2. The summed E-state index contributed by atoms with van der Waals surface area (Å²) in [6.07, 6.45) is 4.36. The Hall–Kier alpha value is -2.14. The lowest BCUT2D eigenvalue weighted by molar-refractivity contribution is -0.119. The molecule has 1 amide bonds.